The van der Waals surface area contributed by atoms with Crippen molar-refractivity contribution in [2.45, 2.75) is 20.0 Å². The zero-order chi connectivity index (χ0) is 14.5. The molecule has 0 saturated heterocycles. The number of likely N-dealkylation sites (N-methyl/N-ethyl adjacent to an activating group) is 1. The lowest BCUT2D eigenvalue weighted by atomic mass is 10.0. The first-order valence-electron chi connectivity index (χ1n) is 6.72. The van der Waals surface area contributed by atoms with Crippen LogP contribution < -0.4 is 10.1 Å². The van der Waals surface area contributed by atoms with Crippen LogP contribution in [0.2, 0.25) is 0 Å². The summed E-state index contributed by atoms with van der Waals surface area (Å²) in [7, 11) is 0. The molecule has 20 heavy (non-hydrogen) atoms. The second-order valence-corrected chi connectivity index (χ2v) is 4.62. The molecule has 1 amide bonds. The molecule has 0 aromatic heterocycles. The van der Waals surface area contributed by atoms with Gasteiger partial charge in [0.25, 0.3) is 5.91 Å². The molecule has 0 heterocycles. The Hall–Kier alpha value is -2.07. The van der Waals surface area contributed by atoms with E-state index in [1.807, 2.05) is 43.3 Å². The van der Waals surface area contributed by atoms with Gasteiger partial charge in [-0.25, -0.2) is 0 Å². The highest BCUT2D eigenvalue weighted by Crippen LogP contribution is 2.33. The number of fused-ring (bicyclic) bond motifs is 1. The molecule has 2 aromatic rings. The van der Waals surface area contributed by atoms with Gasteiger partial charge in [-0.1, -0.05) is 36.4 Å². The van der Waals surface area contributed by atoms with E-state index in [4.69, 9.17) is 4.74 Å². The Morgan fingerprint density at radius 1 is 1.30 bits per heavy atom. The largest absolute Gasteiger partial charge is 0.483 e. The molecule has 0 saturated carbocycles. The number of carbonyl (C=O) groups excluding carboxylic acids is 1. The number of ether oxygens (including phenoxy) is 1. The number of nitrogens with one attached hydrogen (secondary N) is 1. The Bertz CT molecular complexity index is 608. The summed E-state index contributed by atoms with van der Waals surface area (Å²) < 4.78 is 5.65. The average molecular weight is 273 g/mol. The van der Waals surface area contributed by atoms with Crippen LogP contribution in [0.4, 0.5) is 0 Å². The van der Waals surface area contributed by atoms with Gasteiger partial charge in [-0.2, -0.15) is 0 Å². The van der Waals surface area contributed by atoms with Crippen LogP contribution in [0.5, 0.6) is 5.75 Å². The predicted octanol–water partition coefficient (Wildman–Crippen LogP) is 2.41. The molecule has 106 valence electrons. The van der Waals surface area contributed by atoms with E-state index in [1.165, 1.54) is 0 Å². The summed E-state index contributed by atoms with van der Waals surface area (Å²) >= 11 is 0. The first-order chi connectivity index (χ1) is 9.63. The molecule has 0 aliphatic heterocycles. The van der Waals surface area contributed by atoms with E-state index >= 15 is 0 Å². The summed E-state index contributed by atoms with van der Waals surface area (Å²) in [5, 5.41) is 14.5. The van der Waals surface area contributed by atoms with Gasteiger partial charge < -0.3 is 15.2 Å². The summed E-state index contributed by atoms with van der Waals surface area (Å²) in [6.45, 7) is 4.06. The maximum atomic E-state index is 11.5. The minimum Gasteiger partial charge on any atom is -0.483 e. The standard InChI is InChI=1S/C16H19NO3/c1-3-17-15(19)10-20-16-13(11(2)18)9-8-12-6-4-5-7-14(12)16/h4-9,11,18H,3,10H2,1-2H3,(H,17,19)/t11-/m1/s1. The molecule has 0 aliphatic rings. The number of hydrogen-bond acceptors (Lipinski definition) is 3. The molecule has 4 nitrogen and oxygen atoms in total. The predicted molar refractivity (Wildman–Crippen MR) is 78.8 cm³/mol. The molecule has 2 rings (SSSR count). The van der Waals surface area contributed by atoms with Gasteiger partial charge in [0.15, 0.2) is 6.61 Å². The van der Waals surface area contributed by atoms with E-state index in [2.05, 4.69) is 5.32 Å². The molecule has 2 aromatic carbocycles. The zero-order valence-electron chi connectivity index (χ0n) is 11.7. The average Bonchev–Trinajstić information content (AvgIpc) is 2.44. The van der Waals surface area contributed by atoms with Crippen LogP contribution in [0, 0.1) is 0 Å². The molecule has 0 aliphatic carbocycles. The highest BCUT2D eigenvalue weighted by Gasteiger charge is 2.14. The van der Waals surface area contributed by atoms with Gasteiger partial charge in [-0.3, -0.25) is 4.79 Å². The summed E-state index contributed by atoms with van der Waals surface area (Å²) in [5.74, 6) is 0.404. The maximum absolute atomic E-state index is 11.5. The molecule has 0 bridgehead atoms. The lowest BCUT2D eigenvalue weighted by Crippen LogP contribution is -2.28. The Morgan fingerprint density at radius 3 is 2.75 bits per heavy atom. The van der Waals surface area contributed by atoms with Crippen LogP contribution in [-0.2, 0) is 4.79 Å². The molecular formula is C16H19NO3. The van der Waals surface area contributed by atoms with Gasteiger partial charge in [0.2, 0.25) is 0 Å². The number of benzene rings is 2. The Labute approximate surface area is 118 Å². The van der Waals surface area contributed by atoms with Crippen molar-refractivity contribution in [3.05, 3.63) is 42.0 Å². The van der Waals surface area contributed by atoms with Crippen molar-refractivity contribution < 1.29 is 14.6 Å². The Balaban J connectivity index is 2.37. The van der Waals surface area contributed by atoms with E-state index in [-0.39, 0.29) is 12.5 Å². The third-order valence-corrected chi connectivity index (χ3v) is 3.08. The summed E-state index contributed by atoms with van der Waals surface area (Å²) in [5.41, 5.74) is 0.688. The van der Waals surface area contributed by atoms with Crippen molar-refractivity contribution in [1.82, 2.24) is 5.32 Å². The van der Waals surface area contributed by atoms with Gasteiger partial charge in [0, 0.05) is 17.5 Å². The van der Waals surface area contributed by atoms with Gasteiger partial charge >= 0.3 is 0 Å². The van der Waals surface area contributed by atoms with Crippen LogP contribution in [0.15, 0.2) is 36.4 Å². The first kappa shape index (κ1) is 14.3. The molecule has 4 heteroatoms. The van der Waals surface area contributed by atoms with E-state index in [0.29, 0.717) is 17.9 Å². The molecule has 0 radical (unpaired) electrons. The topological polar surface area (TPSA) is 58.6 Å². The monoisotopic (exact) mass is 273 g/mol. The molecule has 0 unspecified atom stereocenters. The van der Waals surface area contributed by atoms with Crippen LogP contribution in [-0.4, -0.2) is 24.2 Å². The number of aliphatic hydroxyl groups is 1. The van der Waals surface area contributed by atoms with Crippen molar-refractivity contribution in [2.24, 2.45) is 0 Å². The van der Waals surface area contributed by atoms with Crippen molar-refractivity contribution in [1.29, 1.82) is 0 Å². The highest BCUT2D eigenvalue weighted by molar-refractivity contribution is 5.90. The van der Waals surface area contributed by atoms with Crippen LogP contribution in [0.1, 0.15) is 25.5 Å². The van der Waals surface area contributed by atoms with Gasteiger partial charge in [0.05, 0.1) is 6.10 Å². The lowest BCUT2D eigenvalue weighted by molar-refractivity contribution is -0.122. The normalized spacial score (nSPS) is 12.2. The number of rotatable bonds is 5. The second-order valence-electron chi connectivity index (χ2n) is 4.62. The van der Waals surface area contributed by atoms with Crippen LogP contribution in [0.25, 0.3) is 10.8 Å². The van der Waals surface area contributed by atoms with Crippen molar-refractivity contribution in [3.8, 4) is 5.75 Å². The van der Waals surface area contributed by atoms with Gasteiger partial charge in [0.1, 0.15) is 5.75 Å². The Morgan fingerprint density at radius 2 is 2.05 bits per heavy atom. The summed E-state index contributed by atoms with van der Waals surface area (Å²) in [6, 6.07) is 11.5. The molecule has 0 spiro atoms. The fraction of sp³-hybridized carbons (Fsp3) is 0.312. The van der Waals surface area contributed by atoms with E-state index in [1.54, 1.807) is 6.92 Å². The van der Waals surface area contributed by atoms with E-state index in [9.17, 15) is 9.90 Å². The van der Waals surface area contributed by atoms with Crippen LogP contribution in [0.3, 0.4) is 0 Å². The SMILES string of the molecule is CCNC(=O)COc1c([C@@H](C)O)ccc2ccccc12. The fourth-order valence-electron chi connectivity index (χ4n) is 2.14. The lowest BCUT2D eigenvalue weighted by Gasteiger charge is -2.16. The zero-order valence-corrected chi connectivity index (χ0v) is 11.7. The number of aliphatic hydroxyl groups excluding tert-OH is 1. The molecule has 0 fully saturated rings. The van der Waals surface area contributed by atoms with E-state index in [0.717, 1.165) is 10.8 Å². The smallest absolute Gasteiger partial charge is 0.257 e. The fourth-order valence-corrected chi connectivity index (χ4v) is 2.14. The molecular weight excluding hydrogens is 254 g/mol. The van der Waals surface area contributed by atoms with Crippen molar-refractivity contribution in [2.75, 3.05) is 13.2 Å². The van der Waals surface area contributed by atoms with Crippen LogP contribution >= 0.6 is 0 Å². The highest BCUT2D eigenvalue weighted by atomic mass is 16.5. The maximum Gasteiger partial charge on any atom is 0.257 e. The van der Waals surface area contributed by atoms with Gasteiger partial charge in [-0.15, -0.1) is 0 Å². The Kier molecular flexibility index (Phi) is 4.58. The van der Waals surface area contributed by atoms with Crippen molar-refractivity contribution >= 4 is 16.7 Å². The minimum atomic E-state index is -0.649. The number of amides is 1. The number of hydrogen-bond donors (Lipinski definition) is 2. The third kappa shape index (κ3) is 3.08. The third-order valence-electron chi connectivity index (χ3n) is 3.08. The summed E-state index contributed by atoms with van der Waals surface area (Å²) in [4.78, 5) is 11.5. The first-order valence-corrected chi connectivity index (χ1v) is 6.72. The molecule has 1 atom stereocenters. The summed E-state index contributed by atoms with van der Waals surface area (Å²) in [6.07, 6.45) is -0.649. The van der Waals surface area contributed by atoms with Crippen molar-refractivity contribution in [3.63, 3.8) is 0 Å². The minimum absolute atomic E-state index is 0.0540. The van der Waals surface area contributed by atoms with E-state index < -0.39 is 6.10 Å². The quantitative estimate of drug-likeness (QED) is 0.879. The van der Waals surface area contributed by atoms with Gasteiger partial charge in [-0.05, 0) is 19.2 Å². The number of carbonyl (C=O) groups is 1. The molecule has 2 N–H and O–H groups in total. The second kappa shape index (κ2) is 6.39.